The molecule has 6 nitrogen and oxygen atoms in total. The van der Waals surface area contributed by atoms with Gasteiger partial charge in [0, 0.05) is 25.0 Å². The molecule has 7 heteroatoms. The molecular formula is C22H20FN3O3. The van der Waals surface area contributed by atoms with Gasteiger partial charge in [-0.3, -0.25) is 4.79 Å². The third kappa shape index (κ3) is 4.29. The van der Waals surface area contributed by atoms with Gasteiger partial charge in [0.2, 0.25) is 5.91 Å². The average Bonchev–Trinajstić information content (AvgIpc) is 3.16. The van der Waals surface area contributed by atoms with Crippen LogP contribution in [0.3, 0.4) is 0 Å². The number of aryl methyl sites for hydroxylation is 1. The van der Waals surface area contributed by atoms with Crippen molar-refractivity contribution in [2.75, 3.05) is 13.2 Å². The number of halogens is 1. The molecule has 1 aliphatic heterocycles. The van der Waals surface area contributed by atoms with Crippen molar-refractivity contribution in [3.63, 3.8) is 0 Å². The molecule has 0 saturated heterocycles. The van der Waals surface area contributed by atoms with Crippen LogP contribution in [-0.2, 0) is 11.3 Å². The molecule has 0 spiro atoms. The van der Waals surface area contributed by atoms with E-state index in [-0.39, 0.29) is 18.3 Å². The molecule has 0 atom stereocenters. The van der Waals surface area contributed by atoms with Crippen molar-refractivity contribution >= 4 is 12.0 Å². The van der Waals surface area contributed by atoms with Crippen molar-refractivity contribution in [2.24, 2.45) is 0 Å². The Bertz CT molecular complexity index is 1070. The highest BCUT2D eigenvalue weighted by molar-refractivity contribution is 5.91. The van der Waals surface area contributed by atoms with Gasteiger partial charge in [-0.1, -0.05) is 12.1 Å². The lowest BCUT2D eigenvalue weighted by molar-refractivity contribution is -0.116. The third-order valence-corrected chi connectivity index (χ3v) is 4.56. The number of imidazole rings is 1. The molecule has 148 valence electrons. The fourth-order valence-electron chi connectivity index (χ4n) is 3.07. The highest BCUT2D eigenvalue weighted by atomic mass is 19.1. The lowest BCUT2D eigenvalue weighted by atomic mass is 10.1. The number of amides is 1. The Labute approximate surface area is 167 Å². The molecule has 1 N–H and O–H groups in total. The largest absolute Gasteiger partial charge is 0.486 e. The van der Waals surface area contributed by atoms with Gasteiger partial charge in [-0.2, -0.15) is 0 Å². The number of nitrogens with zero attached hydrogens (tertiary/aromatic N) is 2. The Balaban J connectivity index is 1.36. The molecule has 2 heterocycles. The molecule has 1 aromatic heterocycles. The van der Waals surface area contributed by atoms with Crippen molar-refractivity contribution in [1.29, 1.82) is 0 Å². The maximum Gasteiger partial charge on any atom is 0.244 e. The molecule has 0 bridgehead atoms. The number of fused-ring (bicyclic) bond motifs is 1. The van der Waals surface area contributed by atoms with Crippen LogP contribution in [0.25, 0.3) is 11.8 Å². The molecular weight excluding hydrogens is 373 g/mol. The quantitative estimate of drug-likeness (QED) is 0.675. The molecule has 0 radical (unpaired) electrons. The molecule has 0 aliphatic carbocycles. The number of ether oxygens (including phenoxy) is 2. The minimum Gasteiger partial charge on any atom is -0.486 e. The van der Waals surface area contributed by atoms with E-state index in [0.717, 1.165) is 5.56 Å². The van der Waals surface area contributed by atoms with E-state index >= 15 is 0 Å². The Kier molecular flexibility index (Phi) is 5.29. The van der Waals surface area contributed by atoms with Crippen molar-refractivity contribution in [1.82, 2.24) is 14.9 Å². The predicted molar refractivity (Wildman–Crippen MR) is 107 cm³/mol. The zero-order valence-corrected chi connectivity index (χ0v) is 15.9. The van der Waals surface area contributed by atoms with E-state index in [9.17, 15) is 9.18 Å². The number of rotatable bonds is 5. The number of carbonyl (C=O) groups is 1. The summed E-state index contributed by atoms with van der Waals surface area (Å²) in [5.74, 6) is 1.44. The molecule has 0 fully saturated rings. The van der Waals surface area contributed by atoms with Crippen LogP contribution in [-0.4, -0.2) is 28.7 Å². The van der Waals surface area contributed by atoms with E-state index in [1.807, 2.05) is 25.1 Å². The van der Waals surface area contributed by atoms with Crippen LogP contribution in [0, 0.1) is 12.7 Å². The van der Waals surface area contributed by atoms with E-state index in [1.165, 1.54) is 12.1 Å². The Morgan fingerprint density at radius 1 is 1.21 bits per heavy atom. The molecule has 1 amide bonds. The van der Waals surface area contributed by atoms with Crippen molar-refractivity contribution in [3.05, 3.63) is 77.6 Å². The van der Waals surface area contributed by atoms with E-state index in [0.29, 0.717) is 41.8 Å². The minimum absolute atomic E-state index is 0.227. The van der Waals surface area contributed by atoms with Crippen LogP contribution < -0.4 is 14.8 Å². The number of nitrogens with one attached hydrogen (secondary N) is 1. The highest BCUT2D eigenvalue weighted by Crippen LogP contribution is 2.31. The Hall–Kier alpha value is -3.61. The topological polar surface area (TPSA) is 65.4 Å². The van der Waals surface area contributed by atoms with Crippen molar-refractivity contribution < 1.29 is 18.7 Å². The van der Waals surface area contributed by atoms with E-state index < -0.39 is 0 Å². The van der Waals surface area contributed by atoms with Gasteiger partial charge >= 0.3 is 0 Å². The summed E-state index contributed by atoms with van der Waals surface area (Å²) in [6.45, 7) is 3.08. The van der Waals surface area contributed by atoms with Crippen LogP contribution in [0.5, 0.6) is 11.5 Å². The van der Waals surface area contributed by atoms with Crippen LogP contribution in [0.2, 0.25) is 0 Å². The fraction of sp³-hybridized carbons (Fsp3) is 0.182. The minimum atomic E-state index is -0.371. The summed E-state index contributed by atoms with van der Waals surface area (Å²) < 4.78 is 27.1. The van der Waals surface area contributed by atoms with E-state index in [2.05, 4.69) is 10.3 Å². The van der Waals surface area contributed by atoms with Gasteiger partial charge in [0.25, 0.3) is 0 Å². The fourth-order valence-corrected chi connectivity index (χ4v) is 3.07. The van der Waals surface area contributed by atoms with Gasteiger partial charge in [-0.05, 0) is 48.4 Å². The SMILES string of the molecule is Cc1nccn1-c1ccc(CNC(=O)/C=C/c2ccc3c(c2)OCCO3)cc1F. The summed E-state index contributed by atoms with van der Waals surface area (Å²) in [6.07, 6.45) is 6.46. The number of hydrogen-bond acceptors (Lipinski definition) is 4. The predicted octanol–water partition coefficient (Wildman–Crippen LogP) is 3.42. The first-order valence-electron chi connectivity index (χ1n) is 9.24. The first-order chi connectivity index (χ1) is 14.1. The molecule has 2 aromatic carbocycles. The van der Waals surface area contributed by atoms with Crippen molar-refractivity contribution in [3.8, 4) is 17.2 Å². The average molecular weight is 393 g/mol. The third-order valence-electron chi connectivity index (χ3n) is 4.56. The molecule has 0 unspecified atom stereocenters. The van der Waals surface area contributed by atoms with Crippen LogP contribution in [0.4, 0.5) is 4.39 Å². The smallest absolute Gasteiger partial charge is 0.244 e. The lowest BCUT2D eigenvalue weighted by Gasteiger charge is -2.18. The number of hydrogen-bond donors (Lipinski definition) is 1. The summed E-state index contributed by atoms with van der Waals surface area (Å²) in [6, 6.07) is 10.4. The monoisotopic (exact) mass is 393 g/mol. The van der Waals surface area contributed by atoms with E-state index in [4.69, 9.17) is 9.47 Å². The van der Waals surface area contributed by atoms with E-state index in [1.54, 1.807) is 35.2 Å². The maximum absolute atomic E-state index is 14.4. The van der Waals surface area contributed by atoms with Gasteiger partial charge in [0.05, 0.1) is 5.69 Å². The molecule has 1 aliphatic rings. The van der Waals surface area contributed by atoms with Gasteiger partial charge in [-0.15, -0.1) is 0 Å². The highest BCUT2D eigenvalue weighted by Gasteiger charge is 2.11. The summed E-state index contributed by atoms with van der Waals surface area (Å²) in [4.78, 5) is 16.2. The second kappa shape index (κ2) is 8.18. The summed E-state index contributed by atoms with van der Waals surface area (Å²) >= 11 is 0. The number of carbonyl (C=O) groups excluding carboxylic acids is 1. The molecule has 4 rings (SSSR count). The lowest BCUT2D eigenvalue weighted by Crippen LogP contribution is -2.20. The zero-order chi connectivity index (χ0) is 20.2. The van der Waals surface area contributed by atoms with Gasteiger partial charge < -0.3 is 19.4 Å². The summed E-state index contributed by atoms with van der Waals surface area (Å²) in [7, 11) is 0. The second-order valence-corrected chi connectivity index (χ2v) is 6.58. The molecule has 3 aromatic rings. The first kappa shape index (κ1) is 18.7. The van der Waals surface area contributed by atoms with Crippen molar-refractivity contribution in [2.45, 2.75) is 13.5 Å². The van der Waals surface area contributed by atoms with Gasteiger partial charge in [0.15, 0.2) is 11.5 Å². The second-order valence-electron chi connectivity index (χ2n) is 6.58. The molecule has 29 heavy (non-hydrogen) atoms. The Morgan fingerprint density at radius 3 is 2.79 bits per heavy atom. The normalized spacial score (nSPS) is 12.9. The van der Waals surface area contributed by atoms with Crippen LogP contribution in [0.15, 0.2) is 54.9 Å². The Morgan fingerprint density at radius 2 is 2.03 bits per heavy atom. The van der Waals surface area contributed by atoms with Gasteiger partial charge in [0.1, 0.15) is 24.9 Å². The summed E-state index contributed by atoms with van der Waals surface area (Å²) in [5, 5.41) is 2.76. The van der Waals surface area contributed by atoms with Crippen LogP contribution in [0.1, 0.15) is 17.0 Å². The number of benzene rings is 2. The van der Waals surface area contributed by atoms with Crippen LogP contribution >= 0.6 is 0 Å². The zero-order valence-electron chi connectivity index (χ0n) is 15.9. The first-order valence-corrected chi connectivity index (χ1v) is 9.24. The van der Waals surface area contributed by atoms with Gasteiger partial charge in [-0.25, -0.2) is 9.37 Å². The maximum atomic E-state index is 14.4. The molecule has 0 saturated carbocycles. The standard InChI is InChI=1S/C22H20FN3O3/c1-15-24-8-9-26(15)19-5-2-17(12-18(19)23)14-25-22(27)7-4-16-3-6-20-21(13-16)29-11-10-28-20/h2-9,12-13H,10-11,14H2,1H3,(H,25,27)/b7-4+. The summed E-state index contributed by atoms with van der Waals surface area (Å²) in [5.41, 5.74) is 1.93. The number of aromatic nitrogens is 2.